The summed E-state index contributed by atoms with van der Waals surface area (Å²) < 4.78 is 8.11. The molecule has 0 spiro atoms. The highest BCUT2D eigenvalue weighted by atomic mass is 16.5. The first-order chi connectivity index (χ1) is 9.09. The number of likely N-dealkylation sites (tertiary alicyclic amines) is 1. The zero-order chi connectivity index (χ0) is 13.3. The van der Waals surface area contributed by atoms with Crippen molar-refractivity contribution in [1.82, 2.24) is 0 Å². The molecule has 0 amide bonds. The Morgan fingerprint density at radius 1 is 0.842 bits per heavy atom. The first-order valence-electron chi connectivity index (χ1n) is 8.34. The molecule has 19 heavy (non-hydrogen) atoms. The molecule has 110 valence electrons. The number of likely N-dealkylation sites (N-methyl/N-ethyl adjacent to an activating group) is 2. The highest BCUT2D eigenvalue weighted by Crippen LogP contribution is 2.38. The van der Waals surface area contributed by atoms with Crippen molar-refractivity contribution in [1.29, 1.82) is 0 Å². The van der Waals surface area contributed by atoms with E-state index < -0.39 is 0 Å². The average molecular weight is 268 g/mol. The van der Waals surface area contributed by atoms with Gasteiger partial charge in [0.25, 0.3) is 0 Å². The summed E-state index contributed by atoms with van der Waals surface area (Å²) in [4.78, 5) is 0. The van der Waals surface area contributed by atoms with Crippen LogP contribution in [0.3, 0.4) is 0 Å². The van der Waals surface area contributed by atoms with Gasteiger partial charge in [-0.3, -0.25) is 0 Å². The Morgan fingerprint density at radius 2 is 1.37 bits per heavy atom. The standard InChI is InChI=1S/C16H32N2O/c1-17(9-11-19-12-10-17)7-8-18(2)13-15-5-3-4-6-16(15)14-18/h15-16H,3-14H2,1-2H3/q+2/t15-,16+,18?. The van der Waals surface area contributed by atoms with Crippen LogP contribution < -0.4 is 0 Å². The molecule has 0 N–H and O–H groups in total. The molecular weight excluding hydrogens is 236 g/mol. The number of hydrogen-bond acceptors (Lipinski definition) is 1. The first-order valence-corrected chi connectivity index (χ1v) is 8.34. The summed E-state index contributed by atoms with van der Waals surface area (Å²) in [7, 11) is 4.95. The fraction of sp³-hybridized carbons (Fsp3) is 1.00. The molecular formula is C16H32N2O+2. The Bertz CT molecular complexity index is 298. The van der Waals surface area contributed by atoms with E-state index in [1.807, 2.05) is 0 Å². The van der Waals surface area contributed by atoms with Gasteiger partial charge in [-0.2, -0.15) is 0 Å². The molecule has 1 aliphatic carbocycles. The highest BCUT2D eigenvalue weighted by molar-refractivity contribution is 4.80. The molecule has 1 unspecified atom stereocenters. The van der Waals surface area contributed by atoms with Crippen LogP contribution >= 0.6 is 0 Å². The third kappa shape index (κ3) is 3.14. The van der Waals surface area contributed by atoms with Crippen LogP contribution in [-0.4, -0.2) is 75.5 Å². The average Bonchev–Trinajstić information content (AvgIpc) is 2.74. The second-order valence-corrected chi connectivity index (χ2v) is 7.92. The van der Waals surface area contributed by atoms with Crippen LogP contribution in [0.15, 0.2) is 0 Å². The molecule has 0 radical (unpaired) electrons. The Labute approximate surface area is 118 Å². The van der Waals surface area contributed by atoms with E-state index in [1.54, 1.807) is 0 Å². The predicted molar refractivity (Wildman–Crippen MR) is 77.8 cm³/mol. The molecule has 2 aliphatic heterocycles. The third-order valence-corrected chi connectivity index (χ3v) is 6.15. The van der Waals surface area contributed by atoms with Gasteiger partial charge in [0.1, 0.15) is 26.2 Å². The summed E-state index contributed by atoms with van der Waals surface area (Å²) in [5, 5.41) is 0. The fourth-order valence-electron chi connectivity index (χ4n) is 4.64. The van der Waals surface area contributed by atoms with Crippen molar-refractivity contribution in [3.63, 3.8) is 0 Å². The highest BCUT2D eigenvalue weighted by Gasteiger charge is 2.44. The second kappa shape index (κ2) is 5.34. The first kappa shape index (κ1) is 13.8. The summed E-state index contributed by atoms with van der Waals surface area (Å²) in [5.41, 5.74) is 0. The van der Waals surface area contributed by atoms with Crippen molar-refractivity contribution in [2.75, 3.05) is 66.6 Å². The summed E-state index contributed by atoms with van der Waals surface area (Å²) >= 11 is 0. The van der Waals surface area contributed by atoms with Crippen LogP contribution in [0.5, 0.6) is 0 Å². The van der Waals surface area contributed by atoms with Gasteiger partial charge in [0.15, 0.2) is 0 Å². The zero-order valence-electron chi connectivity index (χ0n) is 12.9. The predicted octanol–water partition coefficient (Wildman–Crippen LogP) is 1.73. The van der Waals surface area contributed by atoms with Gasteiger partial charge in [-0.25, -0.2) is 0 Å². The van der Waals surface area contributed by atoms with Crippen molar-refractivity contribution in [2.24, 2.45) is 11.8 Å². The number of nitrogens with zero attached hydrogens (tertiary/aromatic N) is 2. The Hall–Kier alpha value is -0.120. The Kier molecular flexibility index (Phi) is 3.89. The second-order valence-electron chi connectivity index (χ2n) is 7.92. The van der Waals surface area contributed by atoms with Gasteiger partial charge in [-0.05, 0) is 12.8 Å². The number of quaternary nitrogens is 2. The largest absolute Gasteiger partial charge is 0.370 e. The van der Waals surface area contributed by atoms with E-state index in [0.717, 1.165) is 25.0 Å². The topological polar surface area (TPSA) is 9.23 Å². The van der Waals surface area contributed by atoms with Gasteiger partial charge in [0.05, 0.1) is 40.4 Å². The van der Waals surface area contributed by atoms with E-state index in [0.29, 0.717) is 0 Å². The van der Waals surface area contributed by atoms with Crippen molar-refractivity contribution in [3.05, 3.63) is 0 Å². The molecule has 0 bridgehead atoms. The summed E-state index contributed by atoms with van der Waals surface area (Å²) in [5.74, 6) is 2.10. The van der Waals surface area contributed by atoms with E-state index in [9.17, 15) is 0 Å². The normalized spacial score (nSPS) is 42.0. The number of morpholine rings is 1. The maximum absolute atomic E-state index is 5.52. The van der Waals surface area contributed by atoms with Crippen LogP contribution in [0.4, 0.5) is 0 Å². The van der Waals surface area contributed by atoms with Crippen LogP contribution in [0.1, 0.15) is 25.7 Å². The van der Waals surface area contributed by atoms with Gasteiger partial charge < -0.3 is 13.7 Å². The lowest BCUT2D eigenvalue weighted by molar-refractivity contribution is -0.963. The van der Waals surface area contributed by atoms with Crippen molar-refractivity contribution >= 4 is 0 Å². The number of ether oxygens (including phenoxy) is 1. The van der Waals surface area contributed by atoms with Gasteiger partial charge in [0.2, 0.25) is 0 Å². The minimum atomic E-state index is 0.964. The third-order valence-electron chi connectivity index (χ3n) is 6.15. The van der Waals surface area contributed by atoms with Gasteiger partial charge in [0, 0.05) is 11.8 Å². The fourth-order valence-corrected chi connectivity index (χ4v) is 4.64. The smallest absolute Gasteiger partial charge is 0.128 e. The van der Waals surface area contributed by atoms with Crippen LogP contribution in [0.25, 0.3) is 0 Å². The lowest BCUT2D eigenvalue weighted by Gasteiger charge is -2.40. The number of hydrogen-bond donors (Lipinski definition) is 0. The number of rotatable bonds is 3. The SMILES string of the molecule is C[N+]1(CC[N+]2(C)C[C@H]3CCCC[C@H]3C2)CCOCC1. The van der Waals surface area contributed by atoms with Crippen LogP contribution in [0, 0.1) is 11.8 Å². The lowest BCUT2D eigenvalue weighted by Crippen LogP contribution is -2.57. The van der Waals surface area contributed by atoms with E-state index in [4.69, 9.17) is 4.74 Å². The molecule has 0 aromatic rings. The van der Waals surface area contributed by atoms with E-state index >= 15 is 0 Å². The summed E-state index contributed by atoms with van der Waals surface area (Å²) in [6.07, 6.45) is 6.01. The summed E-state index contributed by atoms with van der Waals surface area (Å²) in [6.45, 7) is 10.0. The maximum Gasteiger partial charge on any atom is 0.128 e. The van der Waals surface area contributed by atoms with E-state index in [2.05, 4.69) is 14.1 Å². The minimum absolute atomic E-state index is 0.964. The molecule has 3 heteroatoms. The van der Waals surface area contributed by atoms with Crippen molar-refractivity contribution in [3.8, 4) is 0 Å². The minimum Gasteiger partial charge on any atom is -0.370 e. The maximum atomic E-state index is 5.52. The van der Waals surface area contributed by atoms with Crippen molar-refractivity contribution in [2.45, 2.75) is 25.7 Å². The molecule has 0 aromatic carbocycles. The van der Waals surface area contributed by atoms with E-state index in [1.165, 1.54) is 73.9 Å². The van der Waals surface area contributed by atoms with Gasteiger partial charge in [-0.1, -0.05) is 12.8 Å². The zero-order valence-corrected chi connectivity index (χ0v) is 12.9. The van der Waals surface area contributed by atoms with E-state index in [-0.39, 0.29) is 0 Å². The molecule has 2 heterocycles. The molecule has 3 aliphatic rings. The van der Waals surface area contributed by atoms with Crippen LogP contribution in [0.2, 0.25) is 0 Å². The molecule has 3 atom stereocenters. The molecule has 1 saturated carbocycles. The molecule has 3 rings (SSSR count). The number of fused-ring (bicyclic) bond motifs is 1. The molecule has 2 saturated heterocycles. The lowest BCUT2D eigenvalue weighted by atomic mass is 9.82. The van der Waals surface area contributed by atoms with Crippen molar-refractivity contribution < 1.29 is 13.7 Å². The molecule has 3 nitrogen and oxygen atoms in total. The van der Waals surface area contributed by atoms with Crippen LogP contribution in [-0.2, 0) is 4.74 Å². The molecule has 0 aromatic heterocycles. The molecule has 3 fully saturated rings. The van der Waals surface area contributed by atoms with Gasteiger partial charge in [-0.15, -0.1) is 0 Å². The van der Waals surface area contributed by atoms with Gasteiger partial charge >= 0.3 is 0 Å². The monoisotopic (exact) mass is 268 g/mol. The Balaban J connectivity index is 1.54. The quantitative estimate of drug-likeness (QED) is 0.708. The summed E-state index contributed by atoms with van der Waals surface area (Å²) in [6, 6.07) is 0. The Morgan fingerprint density at radius 3 is 1.95 bits per heavy atom.